The molecule has 0 amide bonds. The summed E-state index contributed by atoms with van der Waals surface area (Å²) in [6.45, 7) is 0.388. The highest BCUT2D eigenvalue weighted by Gasteiger charge is 2.00. The predicted molar refractivity (Wildman–Crippen MR) is 60.4 cm³/mol. The number of hydrogen-bond donors (Lipinski definition) is 0. The van der Waals surface area contributed by atoms with Crippen molar-refractivity contribution in [2.45, 2.75) is 6.61 Å². The van der Waals surface area contributed by atoms with Crippen molar-refractivity contribution in [3.8, 4) is 5.75 Å². The topological polar surface area (TPSA) is 39.2 Å². The lowest BCUT2D eigenvalue weighted by atomic mass is 10.1. The molecule has 0 N–H and O–H groups in total. The van der Waals surface area contributed by atoms with Crippen LogP contribution in [0.2, 0.25) is 0 Å². The summed E-state index contributed by atoms with van der Waals surface area (Å²) < 4.78 is 5.54. The van der Waals surface area contributed by atoms with Gasteiger partial charge >= 0.3 is 0 Å². The van der Waals surface area contributed by atoms with Crippen LogP contribution < -0.4 is 4.74 Å². The van der Waals surface area contributed by atoms with Crippen LogP contribution in [0.25, 0.3) is 0 Å². The van der Waals surface area contributed by atoms with Crippen LogP contribution in [0.4, 0.5) is 0 Å². The van der Waals surface area contributed by atoms with E-state index in [-0.39, 0.29) is 0 Å². The molecular weight excluding hydrogens is 202 g/mol. The fourth-order valence-corrected chi connectivity index (χ4v) is 1.38. The molecule has 2 aromatic rings. The van der Waals surface area contributed by atoms with Gasteiger partial charge in [-0.25, -0.2) is 0 Å². The zero-order valence-electron chi connectivity index (χ0n) is 8.67. The van der Waals surface area contributed by atoms with E-state index in [1.54, 1.807) is 30.6 Å². The number of carbonyl (C=O) groups is 1. The van der Waals surface area contributed by atoms with Crippen LogP contribution in [0, 0.1) is 0 Å². The van der Waals surface area contributed by atoms with Gasteiger partial charge in [-0.1, -0.05) is 24.3 Å². The standard InChI is InChI=1S/C13H11NO2/c15-9-11-3-1-2-4-12(11)10-16-13-5-7-14-8-6-13/h1-9H,10H2. The van der Waals surface area contributed by atoms with Crippen LogP contribution >= 0.6 is 0 Å². The highest BCUT2D eigenvalue weighted by atomic mass is 16.5. The first-order chi connectivity index (χ1) is 7.90. The first-order valence-electron chi connectivity index (χ1n) is 4.96. The summed E-state index contributed by atoms with van der Waals surface area (Å²) >= 11 is 0. The first-order valence-corrected chi connectivity index (χ1v) is 4.96. The molecule has 1 heterocycles. The highest BCUT2D eigenvalue weighted by molar-refractivity contribution is 5.77. The molecule has 16 heavy (non-hydrogen) atoms. The SMILES string of the molecule is O=Cc1ccccc1COc1ccncc1. The van der Waals surface area contributed by atoms with Gasteiger partial charge in [0.1, 0.15) is 18.6 Å². The van der Waals surface area contributed by atoms with Gasteiger partial charge in [0, 0.05) is 18.0 Å². The van der Waals surface area contributed by atoms with E-state index in [9.17, 15) is 4.79 Å². The van der Waals surface area contributed by atoms with E-state index in [0.29, 0.717) is 12.2 Å². The van der Waals surface area contributed by atoms with Gasteiger partial charge in [0.2, 0.25) is 0 Å². The third-order valence-electron chi connectivity index (χ3n) is 2.23. The van der Waals surface area contributed by atoms with E-state index >= 15 is 0 Å². The molecule has 0 radical (unpaired) electrons. The highest BCUT2D eigenvalue weighted by Crippen LogP contribution is 2.12. The zero-order valence-corrected chi connectivity index (χ0v) is 8.67. The van der Waals surface area contributed by atoms with Gasteiger partial charge in [0.15, 0.2) is 0 Å². The number of aromatic nitrogens is 1. The lowest BCUT2D eigenvalue weighted by Gasteiger charge is -2.07. The predicted octanol–water partition coefficient (Wildman–Crippen LogP) is 2.47. The van der Waals surface area contributed by atoms with Gasteiger partial charge in [0.05, 0.1) is 0 Å². The molecule has 0 fully saturated rings. The number of carbonyl (C=O) groups excluding carboxylic acids is 1. The Kier molecular flexibility index (Phi) is 3.28. The van der Waals surface area contributed by atoms with Crippen molar-refractivity contribution in [1.29, 1.82) is 0 Å². The van der Waals surface area contributed by atoms with Crippen molar-refractivity contribution < 1.29 is 9.53 Å². The quantitative estimate of drug-likeness (QED) is 0.732. The maximum absolute atomic E-state index is 10.8. The minimum Gasteiger partial charge on any atom is -0.489 e. The summed E-state index contributed by atoms with van der Waals surface area (Å²) in [7, 11) is 0. The van der Waals surface area contributed by atoms with Crippen molar-refractivity contribution in [3.63, 3.8) is 0 Å². The number of aldehydes is 1. The first kappa shape index (κ1) is 10.4. The molecule has 2 rings (SSSR count). The number of ether oxygens (including phenoxy) is 1. The largest absolute Gasteiger partial charge is 0.489 e. The smallest absolute Gasteiger partial charge is 0.150 e. The zero-order chi connectivity index (χ0) is 11.2. The molecule has 1 aromatic heterocycles. The van der Waals surface area contributed by atoms with Crippen molar-refractivity contribution in [1.82, 2.24) is 4.98 Å². The Hall–Kier alpha value is -2.16. The van der Waals surface area contributed by atoms with Gasteiger partial charge in [-0.05, 0) is 17.7 Å². The Bertz CT molecular complexity index is 468. The number of pyridine rings is 1. The molecule has 3 nitrogen and oxygen atoms in total. The minimum atomic E-state index is 0.388. The Labute approximate surface area is 93.7 Å². The van der Waals surface area contributed by atoms with E-state index in [2.05, 4.69) is 4.98 Å². The van der Waals surface area contributed by atoms with E-state index in [1.165, 1.54) is 0 Å². The summed E-state index contributed by atoms with van der Waals surface area (Å²) in [5, 5.41) is 0. The van der Waals surface area contributed by atoms with Crippen LogP contribution in [0.3, 0.4) is 0 Å². The van der Waals surface area contributed by atoms with E-state index in [1.807, 2.05) is 18.2 Å². The second kappa shape index (κ2) is 5.07. The van der Waals surface area contributed by atoms with Crippen LogP contribution in [-0.2, 0) is 6.61 Å². The molecule has 0 saturated carbocycles. The Morgan fingerprint density at radius 1 is 1.12 bits per heavy atom. The summed E-state index contributed by atoms with van der Waals surface area (Å²) in [6.07, 6.45) is 4.17. The van der Waals surface area contributed by atoms with Gasteiger partial charge in [-0.2, -0.15) is 0 Å². The molecule has 0 saturated heterocycles. The molecular formula is C13H11NO2. The normalized spacial score (nSPS) is 9.75. The maximum atomic E-state index is 10.8. The average molecular weight is 213 g/mol. The monoisotopic (exact) mass is 213 g/mol. The molecule has 0 unspecified atom stereocenters. The molecule has 0 aliphatic heterocycles. The Morgan fingerprint density at radius 3 is 2.62 bits per heavy atom. The molecule has 3 heteroatoms. The molecule has 0 spiro atoms. The summed E-state index contributed by atoms with van der Waals surface area (Å²) in [4.78, 5) is 14.7. The van der Waals surface area contributed by atoms with Crippen LogP contribution in [0.15, 0.2) is 48.8 Å². The number of rotatable bonds is 4. The third kappa shape index (κ3) is 2.45. The molecule has 80 valence electrons. The molecule has 0 bridgehead atoms. The lowest BCUT2D eigenvalue weighted by molar-refractivity contribution is 0.112. The van der Waals surface area contributed by atoms with E-state index in [0.717, 1.165) is 17.6 Å². The molecule has 0 aliphatic carbocycles. The number of benzene rings is 1. The molecule has 1 aromatic carbocycles. The molecule has 0 aliphatic rings. The minimum absolute atomic E-state index is 0.388. The van der Waals surface area contributed by atoms with Crippen LogP contribution in [-0.4, -0.2) is 11.3 Å². The lowest BCUT2D eigenvalue weighted by Crippen LogP contribution is -1.99. The third-order valence-corrected chi connectivity index (χ3v) is 2.23. The molecule has 0 atom stereocenters. The van der Waals surface area contributed by atoms with E-state index < -0.39 is 0 Å². The second-order valence-electron chi connectivity index (χ2n) is 3.29. The van der Waals surface area contributed by atoms with Crippen molar-refractivity contribution in [3.05, 3.63) is 59.9 Å². The van der Waals surface area contributed by atoms with Crippen LogP contribution in [0.5, 0.6) is 5.75 Å². The fourth-order valence-electron chi connectivity index (χ4n) is 1.38. The maximum Gasteiger partial charge on any atom is 0.150 e. The summed E-state index contributed by atoms with van der Waals surface area (Å²) in [5.74, 6) is 0.746. The summed E-state index contributed by atoms with van der Waals surface area (Å²) in [6, 6.07) is 10.9. The fraction of sp³-hybridized carbons (Fsp3) is 0.0769. The second-order valence-corrected chi connectivity index (χ2v) is 3.29. The van der Waals surface area contributed by atoms with Crippen molar-refractivity contribution in [2.24, 2.45) is 0 Å². The van der Waals surface area contributed by atoms with Gasteiger partial charge in [-0.3, -0.25) is 9.78 Å². The Balaban J connectivity index is 2.08. The summed E-state index contributed by atoms with van der Waals surface area (Å²) in [5.41, 5.74) is 1.55. The number of nitrogens with zero attached hydrogens (tertiary/aromatic N) is 1. The Morgan fingerprint density at radius 2 is 1.88 bits per heavy atom. The number of hydrogen-bond acceptors (Lipinski definition) is 3. The van der Waals surface area contributed by atoms with Crippen molar-refractivity contribution >= 4 is 6.29 Å². The van der Waals surface area contributed by atoms with E-state index in [4.69, 9.17) is 4.74 Å². The van der Waals surface area contributed by atoms with Gasteiger partial charge < -0.3 is 4.74 Å². The van der Waals surface area contributed by atoms with Crippen LogP contribution in [0.1, 0.15) is 15.9 Å². The van der Waals surface area contributed by atoms with Gasteiger partial charge in [0.25, 0.3) is 0 Å². The average Bonchev–Trinajstić information content (AvgIpc) is 2.38. The van der Waals surface area contributed by atoms with Gasteiger partial charge in [-0.15, -0.1) is 0 Å². The van der Waals surface area contributed by atoms with Crippen molar-refractivity contribution in [2.75, 3.05) is 0 Å².